The van der Waals surface area contributed by atoms with Gasteiger partial charge in [0.1, 0.15) is 0 Å². The van der Waals surface area contributed by atoms with E-state index in [4.69, 9.17) is 0 Å². The molecule has 0 radical (unpaired) electrons. The van der Waals surface area contributed by atoms with Crippen LogP contribution in [0.1, 0.15) is 52.4 Å². The molecular formula is C16H27NO. The maximum absolute atomic E-state index is 10.3. The number of nitrogens with one attached hydrogen (secondary N) is 1. The minimum absolute atomic E-state index is 0.175. The molecule has 2 N–H and O–H groups in total. The summed E-state index contributed by atoms with van der Waals surface area (Å²) in [6, 6.07) is 10.3. The molecule has 102 valence electrons. The van der Waals surface area contributed by atoms with Gasteiger partial charge in [0.05, 0.1) is 12.1 Å². The van der Waals surface area contributed by atoms with Gasteiger partial charge in [-0.25, -0.2) is 0 Å². The highest BCUT2D eigenvalue weighted by atomic mass is 16.3. The summed E-state index contributed by atoms with van der Waals surface area (Å²) >= 11 is 0. The van der Waals surface area contributed by atoms with Crippen molar-refractivity contribution in [2.75, 3.05) is 5.32 Å². The van der Waals surface area contributed by atoms with Crippen LogP contribution in [0.25, 0.3) is 0 Å². The van der Waals surface area contributed by atoms with Crippen LogP contribution in [0.15, 0.2) is 30.3 Å². The Morgan fingerprint density at radius 1 is 1.00 bits per heavy atom. The molecule has 0 aliphatic carbocycles. The number of hydrogen-bond donors (Lipinski definition) is 2. The molecule has 0 amide bonds. The fraction of sp³-hybridized carbons (Fsp3) is 0.625. The van der Waals surface area contributed by atoms with Gasteiger partial charge < -0.3 is 10.4 Å². The van der Waals surface area contributed by atoms with Crippen LogP contribution < -0.4 is 5.32 Å². The lowest BCUT2D eigenvalue weighted by Crippen LogP contribution is -2.33. The van der Waals surface area contributed by atoms with Crippen LogP contribution in [0.5, 0.6) is 0 Å². The molecule has 0 fully saturated rings. The average Bonchev–Trinajstić information content (AvgIpc) is 2.39. The number of unbranched alkanes of at least 4 members (excludes halogenated alkanes) is 2. The van der Waals surface area contributed by atoms with E-state index in [-0.39, 0.29) is 12.1 Å². The maximum Gasteiger partial charge on any atom is 0.0741 e. The summed E-state index contributed by atoms with van der Waals surface area (Å²) in [5.74, 6) is 0. The SMILES string of the molecule is CCCCC[C@@H](O)[C@@H](CCC)Nc1ccccc1. The Morgan fingerprint density at radius 3 is 2.33 bits per heavy atom. The number of para-hydroxylation sites is 1. The first kappa shape index (κ1) is 15.0. The molecule has 0 spiro atoms. The van der Waals surface area contributed by atoms with E-state index in [1.165, 1.54) is 12.8 Å². The Kier molecular flexibility index (Phi) is 7.51. The zero-order valence-electron chi connectivity index (χ0n) is 11.7. The van der Waals surface area contributed by atoms with Crippen molar-refractivity contribution in [1.29, 1.82) is 0 Å². The largest absolute Gasteiger partial charge is 0.391 e. The second-order valence-corrected chi connectivity index (χ2v) is 4.97. The lowest BCUT2D eigenvalue weighted by Gasteiger charge is -2.25. The lowest BCUT2D eigenvalue weighted by atomic mass is 10.00. The van der Waals surface area contributed by atoms with Gasteiger partial charge in [0.2, 0.25) is 0 Å². The zero-order chi connectivity index (χ0) is 13.2. The van der Waals surface area contributed by atoms with E-state index in [2.05, 4.69) is 31.3 Å². The van der Waals surface area contributed by atoms with Crippen molar-refractivity contribution in [3.8, 4) is 0 Å². The van der Waals surface area contributed by atoms with Crippen LogP contribution in [0, 0.1) is 0 Å². The van der Waals surface area contributed by atoms with Crippen molar-refractivity contribution in [1.82, 2.24) is 0 Å². The van der Waals surface area contributed by atoms with Crippen LogP contribution in [0.2, 0.25) is 0 Å². The third kappa shape index (κ3) is 5.54. The molecule has 18 heavy (non-hydrogen) atoms. The van der Waals surface area contributed by atoms with E-state index < -0.39 is 0 Å². The zero-order valence-corrected chi connectivity index (χ0v) is 11.7. The molecule has 1 aromatic carbocycles. The number of aliphatic hydroxyl groups excluding tert-OH is 1. The molecule has 2 heteroatoms. The Balaban J connectivity index is 2.48. The molecule has 1 rings (SSSR count). The van der Waals surface area contributed by atoms with Gasteiger partial charge in [-0.3, -0.25) is 0 Å². The molecule has 0 saturated heterocycles. The normalized spacial score (nSPS) is 14.2. The van der Waals surface area contributed by atoms with Gasteiger partial charge in [-0.05, 0) is 25.0 Å². The summed E-state index contributed by atoms with van der Waals surface area (Å²) in [7, 11) is 0. The first-order valence-corrected chi connectivity index (χ1v) is 7.27. The molecular weight excluding hydrogens is 222 g/mol. The van der Waals surface area contributed by atoms with E-state index >= 15 is 0 Å². The minimum atomic E-state index is -0.239. The van der Waals surface area contributed by atoms with Crippen molar-refractivity contribution in [3.63, 3.8) is 0 Å². The highest BCUT2D eigenvalue weighted by molar-refractivity contribution is 5.43. The standard InChI is InChI=1S/C16H27NO/c1-3-5-7-13-16(18)15(10-4-2)17-14-11-8-6-9-12-14/h6,8-9,11-12,15-18H,3-5,7,10,13H2,1-2H3/t15-,16-/m1/s1. The van der Waals surface area contributed by atoms with E-state index in [1.807, 2.05) is 18.2 Å². The first-order valence-electron chi connectivity index (χ1n) is 7.27. The van der Waals surface area contributed by atoms with Crippen molar-refractivity contribution < 1.29 is 5.11 Å². The first-order chi connectivity index (χ1) is 8.77. The number of anilines is 1. The second kappa shape index (κ2) is 8.98. The molecule has 2 atom stereocenters. The van der Waals surface area contributed by atoms with Gasteiger partial charge in [-0.1, -0.05) is 57.7 Å². The fourth-order valence-electron chi connectivity index (χ4n) is 2.22. The molecule has 0 aliphatic heterocycles. The van der Waals surface area contributed by atoms with Gasteiger partial charge in [-0.2, -0.15) is 0 Å². The predicted molar refractivity (Wildman–Crippen MR) is 78.9 cm³/mol. The molecule has 0 bridgehead atoms. The van der Waals surface area contributed by atoms with E-state index in [1.54, 1.807) is 0 Å². The fourth-order valence-corrected chi connectivity index (χ4v) is 2.22. The molecule has 2 nitrogen and oxygen atoms in total. The third-order valence-electron chi connectivity index (χ3n) is 3.29. The number of aliphatic hydroxyl groups is 1. The smallest absolute Gasteiger partial charge is 0.0741 e. The van der Waals surface area contributed by atoms with Crippen molar-refractivity contribution in [2.45, 2.75) is 64.5 Å². The van der Waals surface area contributed by atoms with Crippen LogP contribution in [0.3, 0.4) is 0 Å². The number of hydrogen-bond acceptors (Lipinski definition) is 2. The van der Waals surface area contributed by atoms with Crippen molar-refractivity contribution in [2.24, 2.45) is 0 Å². The topological polar surface area (TPSA) is 32.3 Å². The Bertz CT molecular complexity index is 299. The molecule has 0 unspecified atom stereocenters. The summed E-state index contributed by atoms with van der Waals surface area (Å²) in [5.41, 5.74) is 1.10. The molecule has 0 heterocycles. The minimum Gasteiger partial charge on any atom is -0.391 e. The van der Waals surface area contributed by atoms with Gasteiger partial charge >= 0.3 is 0 Å². The van der Waals surface area contributed by atoms with Crippen LogP contribution in [-0.2, 0) is 0 Å². The van der Waals surface area contributed by atoms with Crippen molar-refractivity contribution in [3.05, 3.63) is 30.3 Å². The Labute approximate surface area is 111 Å². The summed E-state index contributed by atoms with van der Waals surface area (Å²) in [6.45, 7) is 4.36. The van der Waals surface area contributed by atoms with Gasteiger partial charge in [0, 0.05) is 5.69 Å². The van der Waals surface area contributed by atoms with Crippen molar-refractivity contribution >= 4 is 5.69 Å². The highest BCUT2D eigenvalue weighted by Crippen LogP contribution is 2.16. The van der Waals surface area contributed by atoms with Gasteiger partial charge in [-0.15, -0.1) is 0 Å². The summed E-state index contributed by atoms with van der Waals surface area (Å²) in [6.07, 6.45) is 6.31. The van der Waals surface area contributed by atoms with E-state index in [0.717, 1.165) is 31.4 Å². The summed E-state index contributed by atoms with van der Waals surface area (Å²) in [4.78, 5) is 0. The molecule has 1 aromatic rings. The highest BCUT2D eigenvalue weighted by Gasteiger charge is 2.17. The second-order valence-electron chi connectivity index (χ2n) is 4.97. The Hall–Kier alpha value is -1.02. The molecule has 0 aromatic heterocycles. The third-order valence-corrected chi connectivity index (χ3v) is 3.29. The lowest BCUT2D eigenvalue weighted by molar-refractivity contribution is 0.135. The van der Waals surface area contributed by atoms with Crippen LogP contribution >= 0.6 is 0 Å². The van der Waals surface area contributed by atoms with Crippen LogP contribution in [-0.4, -0.2) is 17.3 Å². The monoisotopic (exact) mass is 249 g/mol. The maximum atomic E-state index is 10.3. The molecule has 0 saturated carbocycles. The van der Waals surface area contributed by atoms with Gasteiger partial charge in [0.15, 0.2) is 0 Å². The van der Waals surface area contributed by atoms with Crippen LogP contribution in [0.4, 0.5) is 5.69 Å². The summed E-state index contributed by atoms with van der Waals surface area (Å²) < 4.78 is 0. The average molecular weight is 249 g/mol. The Morgan fingerprint density at radius 2 is 1.72 bits per heavy atom. The quantitative estimate of drug-likeness (QED) is 0.643. The van der Waals surface area contributed by atoms with E-state index in [0.29, 0.717) is 0 Å². The summed E-state index contributed by atoms with van der Waals surface area (Å²) in [5, 5.41) is 13.7. The number of rotatable bonds is 9. The molecule has 0 aliphatic rings. The predicted octanol–water partition coefficient (Wildman–Crippen LogP) is 4.21. The van der Waals surface area contributed by atoms with E-state index in [9.17, 15) is 5.11 Å². The number of benzene rings is 1. The van der Waals surface area contributed by atoms with Gasteiger partial charge in [0.25, 0.3) is 0 Å².